The largest absolute Gasteiger partial charge is 0.398 e. The first-order valence-electron chi connectivity index (χ1n) is 6.65. The molecule has 1 aromatic rings. The summed E-state index contributed by atoms with van der Waals surface area (Å²) in [5.41, 5.74) is 6.16. The second kappa shape index (κ2) is 5.05. The van der Waals surface area contributed by atoms with Crippen LogP contribution in [0.2, 0.25) is 0 Å². The first-order chi connectivity index (χ1) is 9.07. The van der Waals surface area contributed by atoms with Gasteiger partial charge in [-0.2, -0.15) is 4.31 Å². The molecular weight excluding hydrogens is 282 g/mol. The lowest BCUT2D eigenvalue weighted by molar-refractivity contribution is 0.0852. The fourth-order valence-corrected chi connectivity index (χ4v) is 5.64. The average Bonchev–Trinajstić information content (AvgIpc) is 2.85. The van der Waals surface area contributed by atoms with E-state index in [0.29, 0.717) is 29.0 Å². The van der Waals surface area contributed by atoms with E-state index < -0.39 is 10.0 Å². The van der Waals surface area contributed by atoms with Crippen molar-refractivity contribution in [2.75, 3.05) is 31.9 Å². The lowest BCUT2D eigenvalue weighted by atomic mass is 10.0. The number of hydrogen-bond acceptors (Lipinski definition) is 5. The maximum Gasteiger partial charge on any atom is 0.252 e. The Morgan fingerprint density at radius 1 is 1.26 bits per heavy atom. The zero-order chi connectivity index (χ0) is 13.5. The summed E-state index contributed by atoms with van der Waals surface area (Å²) in [7, 11) is -3.35. The Balaban J connectivity index is 1.79. The molecule has 5 nitrogen and oxygen atoms in total. The van der Waals surface area contributed by atoms with Gasteiger partial charge >= 0.3 is 0 Å². The highest BCUT2D eigenvalue weighted by molar-refractivity contribution is 7.91. The van der Waals surface area contributed by atoms with Crippen LogP contribution < -0.4 is 5.73 Å². The predicted octanol–water partition coefficient (Wildman–Crippen LogP) is 1.19. The molecule has 0 amide bonds. The molecule has 19 heavy (non-hydrogen) atoms. The Morgan fingerprint density at radius 3 is 2.84 bits per heavy atom. The van der Waals surface area contributed by atoms with E-state index >= 15 is 0 Å². The summed E-state index contributed by atoms with van der Waals surface area (Å²) in [6.07, 6.45) is 3.56. The van der Waals surface area contributed by atoms with Crippen molar-refractivity contribution in [3.63, 3.8) is 0 Å². The van der Waals surface area contributed by atoms with E-state index in [4.69, 9.17) is 5.73 Å². The monoisotopic (exact) mass is 301 g/mol. The van der Waals surface area contributed by atoms with Crippen molar-refractivity contribution in [3.05, 3.63) is 11.4 Å². The number of nitrogens with zero attached hydrogens (tertiary/aromatic N) is 2. The second-order valence-electron chi connectivity index (χ2n) is 5.25. The summed E-state index contributed by atoms with van der Waals surface area (Å²) in [5, 5.41) is 1.68. The summed E-state index contributed by atoms with van der Waals surface area (Å²) in [6.45, 7) is 3.19. The van der Waals surface area contributed by atoms with Crippen molar-refractivity contribution in [1.82, 2.24) is 9.21 Å². The molecule has 3 heterocycles. The molecule has 2 saturated heterocycles. The van der Waals surface area contributed by atoms with Crippen molar-refractivity contribution in [1.29, 1.82) is 0 Å². The van der Waals surface area contributed by atoms with Crippen LogP contribution in [0.1, 0.15) is 19.3 Å². The predicted molar refractivity (Wildman–Crippen MR) is 76.7 cm³/mol. The molecule has 7 heteroatoms. The Bertz CT molecular complexity index is 555. The van der Waals surface area contributed by atoms with Gasteiger partial charge in [-0.05, 0) is 25.5 Å². The van der Waals surface area contributed by atoms with Crippen LogP contribution in [0.3, 0.4) is 0 Å². The third kappa shape index (κ3) is 2.52. The molecule has 1 atom stereocenters. The topological polar surface area (TPSA) is 66.6 Å². The number of sulfonamides is 1. The first-order valence-corrected chi connectivity index (χ1v) is 8.97. The molecule has 3 rings (SSSR count). The standard InChI is InChI=1S/C12H19N3O2S2/c13-10-7-12(18-9-10)19(16,17)15-6-5-14-4-2-1-3-11(14)8-15/h7,9,11H,1-6,8,13H2. The molecule has 1 unspecified atom stereocenters. The normalized spacial score (nSPS) is 26.2. The van der Waals surface area contributed by atoms with E-state index in [0.717, 1.165) is 19.5 Å². The number of piperidine rings is 1. The van der Waals surface area contributed by atoms with Crippen molar-refractivity contribution in [3.8, 4) is 0 Å². The fourth-order valence-electron chi connectivity index (χ4n) is 2.94. The number of nitrogen functional groups attached to an aromatic ring is 1. The molecule has 2 fully saturated rings. The van der Waals surface area contributed by atoms with E-state index in [-0.39, 0.29) is 0 Å². The molecule has 0 aliphatic carbocycles. The molecule has 2 aliphatic rings. The van der Waals surface area contributed by atoms with Gasteiger partial charge in [-0.25, -0.2) is 8.42 Å². The molecule has 0 bridgehead atoms. The van der Waals surface area contributed by atoms with Gasteiger partial charge in [-0.1, -0.05) is 6.42 Å². The van der Waals surface area contributed by atoms with E-state index in [1.807, 2.05) is 0 Å². The quantitative estimate of drug-likeness (QED) is 0.891. The van der Waals surface area contributed by atoms with Gasteiger partial charge in [0.2, 0.25) is 0 Å². The zero-order valence-electron chi connectivity index (χ0n) is 10.8. The van der Waals surface area contributed by atoms with Gasteiger partial charge < -0.3 is 5.73 Å². The van der Waals surface area contributed by atoms with Crippen LogP contribution in [-0.2, 0) is 10.0 Å². The number of anilines is 1. The minimum Gasteiger partial charge on any atom is -0.398 e. The van der Waals surface area contributed by atoms with Crippen LogP contribution in [-0.4, -0.2) is 49.8 Å². The number of hydrogen-bond donors (Lipinski definition) is 1. The summed E-state index contributed by atoms with van der Waals surface area (Å²) in [4.78, 5) is 2.43. The summed E-state index contributed by atoms with van der Waals surface area (Å²) >= 11 is 1.21. The smallest absolute Gasteiger partial charge is 0.252 e. The molecule has 0 spiro atoms. The van der Waals surface area contributed by atoms with Crippen molar-refractivity contribution >= 4 is 27.0 Å². The number of fused-ring (bicyclic) bond motifs is 1. The Morgan fingerprint density at radius 2 is 2.11 bits per heavy atom. The van der Waals surface area contributed by atoms with Crippen LogP contribution >= 0.6 is 11.3 Å². The van der Waals surface area contributed by atoms with Gasteiger partial charge in [-0.3, -0.25) is 4.90 Å². The Kier molecular flexibility index (Phi) is 3.55. The number of rotatable bonds is 2. The maximum atomic E-state index is 12.5. The zero-order valence-corrected chi connectivity index (χ0v) is 12.4. The van der Waals surface area contributed by atoms with Crippen LogP contribution in [0.4, 0.5) is 5.69 Å². The SMILES string of the molecule is Nc1csc(S(=O)(=O)N2CCN3CCCCC3C2)c1. The van der Waals surface area contributed by atoms with Crippen LogP contribution in [0.25, 0.3) is 0 Å². The molecule has 1 aromatic heterocycles. The number of piperazine rings is 1. The molecular formula is C12H19N3O2S2. The molecule has 2 aliphatic heterocycles. The Labute approximate surface area is 118 Å². The van der Waals surface area contributed by atoms with Gasteiger partial charge in [0.1, 0.15) is 4.21 Å². The van der Waals surface area contributed by atoms with Gasteiger partial charge in [-0.15, -0.1) is 11.3 Å². The van der Waals surface area contributed by atoms with E-state index in [1.165, 1.54) is 24.2 Å². The molecule has 2 N–H and O–H groups in total. The summed E-state index contributed by atoms with van der Waals surface area (Å²) < 4.78 is 27.1. The average molecular weight is 301 g/mol. The highest BCUT2D eigenvalue weighted by Crippen LogP contribution is 2.28. The van der Waals surface area contributed by atoms with Crippen LogP contribution in [0.15, 0.2) is 15.7 Å². The van der Waals surface area contributed by atoms with Gasteiger partial charge in [0.15, 0.2) is 0 Å². The van der Waals surface area contributed by atoms with E-state index in [2.05, 4.69) is 4.90 Å². The van der Waals surface area contributed by atoms with E-state index in [1.54, 1.807) is 15.8 Å². The van der Waals surface area contributed by atoms with Gasteiger partial charge in [0, 0.05) is 36.7 Å². The highest BCUT2D eigenvalue weighted by Gasteiger charge is 2.35. The van der Waals surface area contributed by atoms with Gasteiger partial charge in [0.25, 0.3) is 10.0 Å². The molecule has 106 valence electrons. The van der Waals surface area contributed by atoms with Crippen molar-refractivity contribution in [2.45, 2.75) is 29.5 Å². The van der Waals surface area contributed by atoms with Crippen LogP contribution in [0, 0.1) is 0 Å². The van der Waals surface area contributed by atoms with E-state index in [9.17, 15) is 8.42 Å². The fraction of sp³-hybridized carbons (Fsp3) is 0.667. The minimum atomic E-state index is -3.35. The number of thiophene rings is 1. The third-order valence-electron chi connectivity index (χ3n) is 3.99. The molecule has 0 radical (unpaired) electrons. The van der Waals surface area contributed by atoms with Crippen molar-refractivity contribution < 1.29 is 8.42 Å². The molecule has 0 saturated carbocycles. The second-order valence-corrected chi connectivity index (χ2v) is 8.32. The lowest BCUT2D eigenvalue weighted by Crippen LogP contribution is -2.55. The third-order valence-corrected chi connectivity index (χ3v) is 7.29. The lowest BCUT2D eigenvalue weighted by Gasteiger charge is -2.43. The summed E-state index contributed by atoms with van der Waals surface area (Å²) in [5.74, 6) is 0. The Hall–Kier alpha value is -0.630. The molecule has 0 aromatic carbocycles. The minimum absolute atomic E-state index is 0.370. The maximum absolute atomic E-state index is 12.5. The van der Waals surface area contributed by atoms with Crippen LogP contribution in [0.5, 0.6) is 0 Å². The highest BCUT2D eigenvalue weighted by atomic mass is 32.2. The first kappa shape index (κ1) is 13.4. The van der Waals surface area contributed by atoms with Gasteiger partial charge in [0.05, 0.1) is 0 Å². The summed E-state index contributed by atoms with van der Waals surface area (Å²) in [6, 6.07) is 1.96. The number of nitrogens with two attached hydrogens (primary N) is 1. The van der Waals surface area contributed by atoms with Crippen molar-refractivity contribution in [2.24, 2.45) is 0 Å².